The smallest absolute Gasteiger partial charge is 0.412 e. The molecule has 0 radical (unpaired) electrons. The normalized spacial score (nSPS) is 18.4. The van der Waals surface area contributed by atoms with E-state index in [0.717, 1.165) is 30.7 Å². The second kappa shape index (κ2) is 13.7. The van der Waals surface area contributed by atoms with Crippen molar-refractivity contribution >= 4 is 49.2 Å². The van der Waals surface area contributed by atoms with Gasteiger partial charge in [-0.25, -0.2) is 13.6 Å². The number of nitrogens with one attached hydrogen (secondary N) is 2. The summed E-state index contributed by atoms with van der Waals surface area (Å²) in [7, 11) is 2.04. The van der Waals surface area contributed by atoms with Crippen LogP contribution < -0.4 is 20.3 Å². The van der Waals surface area contributed by atoms with Gasteiger partial charge in [0.05, 0.1) is 22.8 Å². The van der Waals surface area contributed by atoms with Gasteiger partial charge in [0, 0.05) is 48.1 Å². The van der Waals surface area contributed by atoms with Crippen molar-refractivity contribution in [2.45, 2.75) is 64.6 Å². The number of halogens is 2. The molecule has 0 saturated carbocycles. The number of hydrogen-bond acceptors (Lipinski definition) is 11. The minimum Gasteiger partial charge on any atom is -0.462 e. The molecule has 2 aromatic carbocycles. The summed E-state index contributed by atoms with van der Waals surface area (Å²) in [5.74, 6) is -0.784. The predicted molar refractivity (Wildman–Crippen MR) is 185 cm³/mol. The maximum Gasteiger partial charge on any atom is 0.412 e. The van der Waals surface area contributed by atoms with Gasteiger partial charge in [-0.15, -0.1) is 11.3 Å². The fraction of sp³-hybridized carbons (Fsp3) is 0.457. The number of aryl methyl sites for hydroxylation is 1. The van der Waals surface area contributed by atoms with Gasteiger partial charge in [-0.2, -0.15) is 20.5 Å². The quantitative estimate of drug-likeness (QED) is 0.222. The van der Waals surface area contributed by atoms with Gasteiger partial charge in [-0.3, -0.25) is 5.32 Å². The molecule has 2 aromatic heterocycles. The fourth-order valence-corrected chi connectivity index (χ4v) is 7.62. The van der Waals surface area contributed by atoms with E-state index in [-0.39, 0.29) is 55.4 Å². The fourth-order valence-electron chi connectivity index (χ4n) is 6.55. The van der Waals surface area contributed by atoms with Crippen molar-refractivity contribution in [2.75, 3.05) is 50.1 Å². The van der Waals surface area contributed by atoms with E-state index in [1.807, 2.05) is 11.9 Å². The van der Waals surface area contributed by atoms with Crippen molar-refractivity contribution < 1.29 is 23.0 Å². The molecule has 49 heavy (non-hydrogen) atoms. The van der Waals surface area contributed by atoms with Crippen molar-refractivity contribution in [1.29, 1.82) is 10.5 Å². The summed E-state index contributed by atoms with van der Waals surface area (Å²) in [5, 5.41) is 26.3. The van der Waals surface area contributed by atoms with Crippen LogP contribution >= 0.6 is 11.3 Å². The number of fused-ring (bicyclic) bond motifs is 2. The van der Waals surface area contributed by atoms with E-state index in [2.05, 4.69) is 32.7 Å². The van der Waals surface area contributed by atoms with E-state index in [1.54, 1.807) is 33.8 Å². The lowest BCUT2D eigenvalue weighted by Crippen LogP contribution is -2.51. The van der Waals surface area contributed by atoms with Crippen LogP contribution in [0, 0.1) is 41.2 Å². The molecular formula is C35H38F2N8O3S. The number of carbonyl (C=O) groups is 1. The standard InChI is InChI=1S/C35H38F2N8O3S/c1-19-15-23-29(41-33(47-18-21-7-6-13-44(21)5)42-31(23)45-14-12-40-20(17-45)10-11-38)28(37)26(19)22-8-9-25(36)30-27(22)24(16-39)32(49-30)43-34(46)48-35(2,3)4/h8-9,15,20-21,40H,6-7,10,12-14,17-18H2,1-5H3,(H,43,46)/t20-,21-/m0/s1. The van der Waals surface area contributed by atoms with Crippen molar-refractivity contribution in [3.8, 4) is 29.3 Å². The number of rotatable bonds is 7. The number of nitrogens with zero attached hydrogens (tertiary/aromatic N) is 6. The first-order valence-electron chi connectivity index (χ1n) is 16.2. The molecule has 0 spiro atoms. The molecule has 2 atom stereocenters. The molecule has 0 aliphatic carbocycles. The molecule has 0 unspecified atom stereocenters. The zero-order valence-corrected chi connectivity index (χ0v) is 28.9. The number of piperazine rings is 1. The largest absolute Gasteiger partial charge is 0.462 e. The van der Waals surface area contributed by atoms with Gasteiger partial charge in [-0.05, 0) is 77.4 Å². The highest BCUT2D eigenvalue weighted by Crippen LogP contribution is 2.45. The van der Waals surface area contributed by atoms with Crippen LogP contribution in [0.1, 0.15) is 51.2 Å². The third-order valence-corrected chi connectivity index (χ3v) is 9.96. The lowest BCUT2D eigenvalue weighted by atomic mass is 9.93. The Hall–Kier alpha value is -4.63. The third kappa shape index (κ3) is 6.95. The van der Waals surface area contributed by atoms with Gasteiger partial charge >= 0.3 is 12.1 Å². The predicted octanol–water partition coefficient (Wildman–Crippen LogP) is 6.48. The molecule has 11 nitrogen and oxygen atoms in total. The van der Waals surface area contributed by atoms with Crippen LogP contribution in [0.4, 0.5) is 24.4 Å². The molecule has 2 N–H and O–H groups in total. The summed E-state index contributed by atoms with van der Waals surface area (Å²) in [5.41, 5.74) is 0.164. The molecule has 2 saturated heterocycles. The van der Waals surface area contributed by atoms with Crippen molar-refractivity contribution in [3.63, 3.8) is 0 Å². The van der Waals surface area contributed by atoms with Gasteiger partial charge in [0.15, 0.2) is 5.82 Å². The van der Waals surface area contributed by atoms with E-state index in [4.69, 9.17) is 14.5 Å². The minimum atomic E-state index is -0.799. The highest BCUT2D eigenvalue weighted by molar-refractivity contribution is 7.23. The van der Waals surface area contributed by atoms with Gasteiger partial charge in [0.25, 0.3) is 0 Å². The Bertz CT molecular complexity index is 2020. The monoisotopic (exact) mass is 688 g/mol. The van der Waals surface area contributed by atoms with Crippen LogP contribution in [-0.2, 0) is 4.74 Å². The number of carbonyl (C=O) groups excluding carboxylic acids is 1. The summed E-state index contributed by atoms with van der Waals surface area (Å²) < 4.78 is 44.0. The Morgan fingerprint density at radius 1 is 1.22 bits per heavy atom. The maximum atomic E-state index is 17.1. The molecule has 2 aliphatic heterocycles. The average Bonchev–Trinajstić information content (AvgIpc) is 3.63. The van der Waals surface area contributed by atoms with E-state index in [9.17, 15) is 15.3 Å². The molecule has 6 rings (SSSR count). The summed E-state index contributed by atoms with van der Waals surface area (Å²) >= 11 is 0.883. The van der Waals surface area contributed by atoms with Crippen LogP contribution in [0.2, 0.25) is 0 Å². The Kier molecular flexibility index (Phi) is 9.58. The first kappa shape index (κ1) is 34.2. The first-order valence-corrected chi connectivity index (χ1v) is 17.0. The van der Waals surface area contributed by atoms with Gasteiger partial charge in [0.2, 0.25) is 0 Å². The van der Waals surface area contributed by atoms with Crippen molar-refractivity contribution in [1.82, 2.24) is 20.2 Å². The Morgan fingerprint density at radius 3 is 2.71 bits per heavy atom. The molecule has 14 heteroatoms. The van der Waals surface area contributed by atoms with E-state index in [0.29, 0.717) is 49.4 Å². The molecule has 2 fully saturated rings. The van der Waals surface area contributed by atoms with Gasteiger partial charge in [-0.1, -0.05) is 6.07 Å². The zero-order chi connectivity index (χ0) is 35.0. The SMILES string of the molecule is Cc1cc2c(N3CCN[C@@H](CC#N)C3)nc(OC[C@@H]3CCCN3C)nc2c(F)c1-c1ccc(F)c2sc(NC(=O)OC(C)(C)C)c(C#N)c12. The van der Waals surface area contributed by atoms with Crippen LogP contribution in [0.25, 0.3) is 32.1 Å². The number of hydrogen-bond donors (Lipinski definition) is 2. The number of likely N-dealkylation sites (tertiary alicyclic amines) is 1. The van der Waals surface area contributed by atoms with Crippen LogP contribution in [-0.4, -0.2) is 78.5 Å². The summed E-state index contributed by atoms with van der Waals surface area (Å²) in [6.07, 6.45) is 1.54. The number of nitriles is 2. The highest BCUT2D eigenvalue weighted by Gasteiger charge is 2.29. The molecule has 0 bridgehead atoms. The van der Waals surface area contributed by atoms with Crippen molar-refractivity contribution in [2.24, 2.45) is 0 Å². The number of anilines is 2. The van der Waals surface area contributed by atoms with Gasteiger partial charge in [0.1, 0.15) is 40.4 Å². The Balaban J connectivity index is 1.50. The number of thiophene rings is 1. The number of amides is 1. The number of ether oxygens (including phenoxy) is 2. The molecule has 1 amide bonds. The molecule has 2 aliphatic rings. The average molecular weight is 689 g/mol. The van der Waals surface area contributed by atoms with Crippen LogP contribution in [0.15, 0.2) is 18.2 Å². The van der Waals surface area contributed by atoms with Crippen molar-refractivity contribution in [3.05, 3.63) is 41.0 Å². The number of aromatic nitrogens is 2. The summed E-state index contributed by atoms with van der Waals surface area (Å²) in [6.45, 7) is 9.84. The van der Waals surface area contributed by atoms with Gasteiger partial charge < -0.3 is 24.6 Å². The Labute approximate surface area is 287 Å². The molecule has 4 aromatic rings. The van der Waals surface area contributed by atoms with E-state index in [1.165, 1.54) is 12.1 Å². The summed E-state index contributed by atoms with van der Waals surface area (Å²) in [4.78, 5) is 26.2. The minimum absolute atomic E-state index is 0.00307. The lowest BCUT2D eigenvalue weighted by molar-refractivity contribution is 0.0636. The second-order valence-electron chi connectivity index (χ2n) is 13.5. The van der Waals surface area contributed by atoms with Crippen LogP contribution in [0.3, 0.4) is 0 Å². The third-order valence-electron chi connectivity index (χ3n) is 8.84. The second-order valence-corrected chi connectivity index (χ2v) is 14.5. The highest BCUT2D eigenvalue weighted by atomic mass is 32.1. The summed E-state index contributed by atoms with van der Waals surface area (Å²) in [6, 6.07) is 8.89. The van der Waals surface area contributed by atoms with E-state index < -0.39 is 23.3 Å². The number of likely N-dealkylation sites (N-methyl/N-ethyl adjacent to an activating group) is 1. The number of benzene rings is 2. The molecule has 4 heterocycles. The molecule has 256 valence electrons. The van der Waals surface area contributed by atoms with E-state index >= 15 is 8.78 Å². The Morgan fingerprint density at radius 2 is 2.02 bits per heavy atom. The maximum absolute atomic E-state index is 17.1. The lowest BCUT2D eigenvalue weighted by Gasteiger charge is -2.34. The first-order chi connectivity index (χ1) is 23.4. The zero-order valence-electron chi connectivity index (χ0n) is 28.1. The molecular weight excluding hydrogens is 651 g/mol. The van der Waals surface area contributed by atoms with Crippen LogP contribution in [0.5, 0.6) is 6.01 Å². The topological polar surface area (TPSA) is 139 Å².